The third-order valence-corrected chi connectivity index (χ3v) is 7.16. The van der Waals surface area contributed by atoms with Crippen molar-refractivity contribution in [2.45, 2.75) is 64.0 Å². The zero-order chi connectivity index (χ0) is 20.9. The van der Waals surface area contributed by atoms with Crippen LogP contribution in [0.4, 0.5) is 0 Å². The molecule has 2 aromatic rings. The van der Waals surface area contributed by atoms with Gasteiger partial charge < -0.3 is 10.2 Å². The lowest BCUT2D eigenvalue weighted by molar-refractivity contribution is 0.0896. The number of carbonyl (C=O) groups excluding carboxylic acids is 1. The largest absolute Gasteiger partial charge is 0.348 e. The molecule has 0 bridgehead atoms. The van der Waals surface area contributed by atoms with Crippen LogP contribution >= 0.6 is 11.6 Å². The Hall–Kier alpha value is -1.85. The molecule has 1 saturated carbocycles. The lowest BCUT2D eigenvalue weighted by atomic mass is 9.84. The Morgan fingerprint density at radius 2 is 1.87 bits per heavy atom. The first-order valence-electron chi connectivity index (χ1n) is 11.4. The molecule has 0 spiro atoms. The fourth-order valence-corrected chi connectivity index (χ4v) is 5.43. The molecule has 2 aliphatic rings. The van der Waals surface area contributed by atoms with Crippen molar-refractivity contribution in [1.29, 1.82) is 0 Å². The van der Waals surface area contributed by atoms with E-state index in [1.165, 1.54) is 31.2 Å². The van der Waals surface area contributed by atoms with Crippen LogP contribution in [0.2, 0.25) is 5.02 Å². The molecule has 162 valence electrons. The Balaban J connectivity index is 1.33. The van der Waals surface area contributed by atoms with Crippen molar-refractivity contribution in [3.8, 4) is 0 Å². The molecule has 0 radical (unpaired) electrons. The topological polar surface area (TPSA) is 50.2 Å². The molecular weight excluding hydrogens is 396 g/mol. The van der Waals surface area contributed by atoms with E-state index in [0.29, 0.717) is 23.2 Å². The number of nitrogens with one attached hydrogen (secondary N) is 1. The van der Waals surface area contributed by atoms with Gasteiger partial charge in [-0.2, -0.15) is 5.10 Å². The number of halogens is 1. The van der Waals surface area contributed by atoms with Crippen LogP contribution in [0.5, 0.6) is 0 Å². The summed E-state index contributed by atoms with van der Waals surface area (Å²) in [4.78, 5) is 15.3. The summed E-state index contributed by atoms with van der Waals surface area (Å²) in [5.41, 5.74) is 1.97. The van der Waals surface area contributed by atoms with Gasteiger partial charge in [0.1, 0.15) is 5.69 Å². The molecule has 0 unspecified atom stereocenters. The number of piperidine rings is 1. The number of aryl methyl sites for hydroxylation is 1. The van der Waals surface area contributed by atoms with Crippen LogP contribution < -0.4 is 5.32 Å². The van der Waals surface area contributed by atoms with Crippen LogP contribution in [0.15, 0.2) is 36.5 Å². The van der Waals surface area contributed by atoms with E-state index in [1.54, 1.807) is 10.9 Å². The third kappa shape index (κ3) is 4.89. The normalized spacial score (nSPS) is 19.8. The summed E-state index contributed by atoms with van der Waals surface area (Å²) in [5.74, 6) is 1.32. The molecule has 30 heavy (non-hydrogen) atoms. The first kappa shape index (κ1) is 21.4. The van der Waals surface area contributed by atoms with Gasteiger partial charge >= 0.3 is 0 Å². The summed E-state index contributed by atoms with van der Waals surface area (Å²) < 4.78 is 1.67. The van der Waals surface area contributed by atoms with Crippen LogP contribution in [0.3, 0.4) is 0 Å². The van der Waals surface area contributed by atoms with E-state index in [-0.39, 0.29) is 11.9 Å². The highest BCUT2D eigenvalue weighted by Crippen LogP contribution is 2.38. The van der Waals surface area contributed by atoms with E-state index >= 15 is 0 Å². The molecule has 6 heteroatoms. The highest BCUT2D eigenvalue weighted by molar-refractivity contribution is 6.33. The number of carbonyl (C=O) groups is 1. The van der Waals surface area contributed by atoms with Gasteiger partial charge in [0, 0.05) is 32.2 Å². The lowest BCUT2D eigenvalue weighted by Crippen LogP contribution is -2.46. The highest BCUT2D eigenvalue weighted by Gasteiger charge is 2.30. The van der Waals surface area contributed by atoms with E-state index in [2.05, 4.69) is 45.6 Å². The number of aromatic nitrogens is 2. The van der Waals surface area contributed by atoms with Crippen LogP contribution in [-0.2, 0) is 6.54 Å². The number of amides is 1. The average molecular weight is 429 g/mol. The van der Waals surface area contributed by atoms with Crippen molar-refractivity contribution >= 4 is 17.5 Å². The quantitative estimate of drug-likeness (QED) is 0.693. The summed E-state index contributed by atoms with van der Waals surface area (Å²) >= 11 is 6.18. The maximum absolute atomic E-state index is 12.7. The molecule has 1 saturated heterocycles. The van der Waals surface area contributed by atoms with E-state index in [9.17, 15) is 4.79 Å². The molecule has 4 rings (SSSR count). The average Bonchev–Trinajstić information content (AvgIpc) is 3.43. The number of hydrogen-bond donors (Lipinski definition) is 1. The number of benzene rings is 1. The Morgan fingerprint density at radius 1 is 1.17 bits per heavy atom. The number of likely N-dealkylation sites (tertiary alicyclic amines) is 1. The molecule has 1 aromatic carbocycles. The summed E-state index contributed by atoms with van der Waals surface area (Å²) in [6.45, 7) is 5.79. The van der Waals surface area contributed by atoms with Gasteiger partial charge in [-0.1, -0.05) is 54.8 Å². The molecule has 2 fully saturated rings. The van der Waals surface area contributed by atoms with Gasteiger partial charge in [-0.3, -0.25) is 9.48 Å². The van der Waals surface area contributed by atoms with Crippen LogP contribution in [0, 0.1) is 5.92 Å². The van der Waals surface area contributed by atoms with Crippen molar-refractivity contribution in [1.82, 2.24) is 20.0 Å². The molecule has 1 aliphatic carbocycles. The molecule has 1 aromatic heterocycles. The summed E-state index contributed by atoms with van der Waals surface area (Å²) in [6, 6.07) is 11.3. The van der Waals surface area contributed by atoms with Crippen molar-refractivity contribution < 1.29 is 4.79 Å². The van der Waals surface area contributed by atoms with Gasteiger partial charge in [-0.05, 0) is 50.0 Å². The molecule has 1 N–H and O–H groups in total. The standard InChI is InChI=1S/C24H33ClN4O/c1-2-29-23(22(25)16-26-29)24(30)27-20-12-14-28(15-13-20)17-21(19-10-6-7-11-19)18-8-4-3-5-9-18/h3-5,8-9,16,19-21H,2,6-7,10-15,17H2,1H3,(H,27,30)/t21-/m0/s1. The minimum atomic E-state index is -0.106. The van der Waals surface area contributed by atoms with Crippen molar-refractivity contribution in [2.24, 2.45) is 5.92 Å². The minimum Gasteiger partial charge on any atom is -0.348 e. The molecular formula is C24H33ClN4O. The fraction of sp³-hybridized carbons (Fsp3) is 0.583. The molecule has 2 heterocycles. The smallest absolute Gasteiger partial charge is 0.271 e. The number of nitrogens with zero attached hydrogens (tertiary/aromatic N) is 3. The summed E-state index contributed by atoms with van der Waals surface area (Å²) in [5, 5.41) is 7.79. The summed E-state index contributed by atoms with van der Waals surface area (Å²) in [6.07, 6.45) is 8.98. The second-order valence-electron chi connectivity index (χ2n) is 8.77. The number of hydrogen-bond acceptors (Lipinski definition) is 3. The fourth-order valence-electron chi connectivity index (χ4n) is 5.21. The predicted octanol–water partition coefficient (Wildman–Crippen LogP) is 4.72. The highest BCUT2D eigenvalue weighted by atomic mass is 35.5. The first-order valence-corrected chi connectivity index (χ1v) is 11.8. The van der Waals surface area contributed by atoms with Gasteiger partial charge in [-0.25, -0.2) is 0 Å². The Kier molecular flexibility index (Phi) is 7.11. The van der Waals surface area contributed by atoms with Gasteiger partial charge in [-0.15, -0.1) is 0 Å². The Morgan fingerprint density at radius 3 is 2.53 bits per heavy atom. The molecule has 5 nitrogen and oxygen atoms in total. The van der Waals surface area contributed by atoms with Gasteiger partial charge in [0.05, 0.1) is 11.2 Å². The van der Waals surface area contributed by atoms with Crippen LogP contribution in [-0.4, -0.2) is 46.3 Å². The van der Waals surface area contributed by atoms with Gasteiger partial charge in [0.15, 0.2) is 0 Å². The Bertz CT molecular complexity index is 823. The monoisotopic (exact) mass is 428 g/mol. The Labute approximate surface area is 184 Å². The van der Waals surface area contributed by atoms with Crippen molar-refractivity contribution in [3.05, 3.63) is 52.8 Å². The van der Waals surface area contributed by atoms with E-state index in [4.69, 9.17) is 11.6 Å². The second-order valence-corrected chi connectivity index (χ2v) is 9.17. The summed E-state index contributed by atoms with van der Waals surface area (Å²) in [7, 11) is 0. The van der Waals surface area contributed by atoms with Gasteiger partial charge in [0.25, 0.3) is 5.91 Å². The van der Waals surface area contributed by atoms with E-state index < -0.39 is 0 Å². The minimum absolute atomic E-state index is 0.106. The molecule has 1 atom stereocenters. The van der Waals surface area contributed by atoms with E-state index in [1.807, 2.05) is 6.92 Å². The second kappa shape index (κ2) is 9.97. The molecule has 1 aliphatic heterocycles. The molecule has 1 amide bonds. The zero-order valence-corrected chi connectivity index (χ0v) is 18.7. The van der Waals surface area contributed by atoms with Crippen molar-refractivity contribution in [2.75, 3.05) is 19.6 Å². The lowest BCUT2D eigenvalue weighted by Gasteiger charge is -2.36. The maximum atomic E-state index is 12.7. The van der Waals surface area contributed by atoms with E-state index in [0.717, 1.165) is 38.4 Å². The predicted molar refractivity (Wildman–Crippen MR) is 121 cm³/mol. The number of rotatable bonds is 7. The SMILES string of the molecule is CCn1ncc(Cl)c1C(=O)NC1CCN(C[C@@H](c2ccccc2)C2CCCC2)CC1. The maximum Gasteiger partial charge on any atom is 0.271 e. The zero-order valence-electron chi connectivity index (χ0n) is 17.9. The van der Waals surface area contributed by atoms with Crippen molar-refractivity contribution in [3.63, 3.8) is 0 Å². The van der Waals surface area contributed by atoms with Gasteiger partial charge in [0.2, 0.25) is 0 Å². The van der Waals surface area contributed by atoms with Crippen LogP contribution in [0.25, 0.3) is 0 Å². The third-order valence-electron chi connectivity index (χ3n) is 6.88. The first-order chi connectivity index (χ1) is 14.7. The van der Waals surface area contributed by atoms with Crippen LogP contribution in [0.1, 0.15) is 67.4 Å².